The lowest BCUT2D eigenvalue weighted by Crippen LogP contribution is -2.32. The highest BCUT2D eigenvalue weighted by Crippen LogP contribution is 2.16. The molecular formula is C21H21N5O4. The summed E-state index contributed by atoms with van der Waals surface area (Å²) in [4.78, 5) is 37.3. The monoisotopic (exact) mass is 407 g/mol. The first-order valence-electron chi connectivity index (χ1n) is 9.28. The van der Waals surface area contributed by atoms with Crippen LogP contribution in [0.25, 0.3) is 11.4 Å². The van der Waals surface area contributed by atoms with Crippen molar-refractivity contribution in [1.82, 2.24) is 20.2 Å². The van der Waals surface area contributed by atoms with Crippen LogP contribution in [0.4, 0.5) is 5.69 Å². The second-order valence-electron chi connectivity index (χ2n) is 6.73. The number of carbonyl (C=O) groups is 3. The number of hydrogen-bond acceptors (Lipinski definition) is 7. The van der Waals surface area contributed by atoms with Crippen molar-refractivity contribution in [3.8, 4) is 11.4 Å². The molecule has 0 radical (unpaired) electrons. The first kappa shape index (κ1) is 20.8. The summed E-state index contributed by atoms with van der Waals surface area (Å²) in [5.74, 6) is -1.04. The number of hydrogen-bond donors (Lipinski definition) is 1. The summed E-state index contributed by atoms with van der Waals surface area (Å²) in [6, 6.07) is 14.2. The van der Waals surface area contributed by atoms with Gasteiger partial charge in [-0.2, -0.15) is 4.80 Å². The highest BCUT2D eigenvalue weighted by Gasteiger charge is 2.20. The Kier molecular flexibility index (Phi) is 6.31. The van der Waals surface area contributed by atoms with Crippen molar-refractivity contribution < 1.29 is 19.1 Å². The zero-order chi connectivity index (χ0) is 21.7. The number of amides is 1. The molecule has 0 bridgehead atoms. The number of nitrogens with zero attached hydrogens (tertiary/aromatic N) is 4. The fourth-order valence-corrected chi connectivity index (χ4v) is 2.67. The van der Waals surface area contributed by atoms with Crippen LogP contribution >= 0.6 is 0 Å². The summed E-state index contributed by atoms with van der Waals surface area (Å²) in [5, 5.41) is 14.5. The standard InChI is InChI=1S/C21H21N5O4/c1-13-8-10-16(11-9-13)20-23-25-26(24-20)12-19(28)30-15(3)21(29)22-18-7-5-4-6-17(18)14(2)27/h4-11,15H,12H2,1-3H3,(H,22,29)/t15-/m0/s1. The molecule has 1 N–H and O–H groups in total. The van der Waals surface area contributed by atoms with Crippen LogP contribution in [-0.4, -0.2) is 44.0 Å². The summed E-state index contributed by atoms with van der Waals surface area (Å²) in [5.41, 5.74) is 2.61. The normalized spacial score (nSPS) is 11.6. The molecular weight excluding hydrogens is 386 g/mol. The predicted octanol–water partition coefficient (Wildman–Crippen LogP) is 2.42. The van der Waals surface area contributed by atoms with E-state index < -0.39 is 18.0 Å². The number of Topliss-reactive ketones (excluding diaryl/α,β-unsaturated/α-hetero) is 1. The largest absolute Gasteiger partial charge is 0.451 e. The predicted molar refractivity (Wildman–Crippen MR) is 109 cm³/mol. The van der Waals surface area contributed by atoms with Crippen LogP contribution < -0.4 is 5.32 Å². The molecule has 0 unspecified atom stereocenters. The number of esters is 1. The van der Waals surface area contributed by atoms with E-state index in [2.05, 4.69) is 20.7 Å². The fourth-order valence-electron chi connectivity index (χ4n) is 2.67. The van der Waals surface area contributed by atoms with Gasteiger partial charge in [-0.25, -0.2) is 4.79 Å². The number of anilines is 1. The second-order valence-corrected chi connectivity index (χ2v) is 6.73. The van der Waals surface area contributed by atoms with Gasteiger partial charge in [0.15, 0.2) is 18.4 Å². The summed E-state index contributed by atoms with van der Waals surface area (Å²) in [7, 11) is 0. The number of carbonyl (C=O) groups excluding carboxylic acids is 3. The maximum absolute atomic E-state index is 12.3. The van der Waals surface area contributed by atoms with Crippen molar-refractivity contribution in [1.29, 1.82) is 0 Å². The molecule has 3 aromatic rings. The molecule has 1 amide bonds. The minimum atomic E-state index is -1.07. The van der Waals surface area contributed by atoms with Crippen LogP contribution in [0.5, 0.6) is 0 Å². The van der Waals surface area contributed by atoms with Crippen molar-refractivity contribution in [3.63, 3.8) is 0 Å². The van der Waals surface area contributed by atoms with Gasteiger partial charge in [-0.05, 0) is 38.1 Å². The molecule has 9 nitrogen and oxygen atoms in total. The van der Waals surface area contributed by atoms with Gasteiger partial charge in [-0.3, -0.25) is 9.59 Å². The maximum atomic E-state index is 12.3. The molecule has 3 rings (SSSR count). The van der Waals surface area contributed by atoms with Crippen molar-refractivity contribution in [2.24, 2.45) is 0 Å². The lowest BCUT2D eigenvalue weighted by atomic mass is 10.1. The lowest BCUT2D eigenvalue weighted by Gasteiger charge is -2.14. The molecule has 1 aromatic heterocycles. The molecule has 1 heterocycles. The summed E-state index contributed by atoms with van der Waals surface area (Å²) >= 11 is 0. The Morgan fingerprint density at radius 3 is 2.50 bits per heavy atom. The van der Waals surface area contributed by atoms with E-state index >= 15 is 0 Å². The molecule has 30 heavy (non-hydrogen) atoms. The minimum absolute atomic E-state index is 0.183. The third-order valence-electron chi connectivity index (χ3n) is 4.27. The van der Waals surface area contributed by atoms with Crippen molar-refractivity contribution >= 4 is 23.3 Å². The highest BCUT2D eigenvalue weighted by atomic mass is 16.5. The Labute approximate surface area is 173 Å². The van der Waals surface area contributed by atoms with Crippen LogP contribution in [0.15, 0.2) is 48.5 Å². The Balaban J connectivity index is 1.58. The number of tetrazole rings is 1. The zero-order valence-electron chi connectivity index (χ0n) is 16.8. The van der Waals surface area contributed by atoms with Gasteiger partial charge >= 0.3 is 5.97 Å². The average molecular weight is 407 g/mol. The van der Waals surface area contributed by atoms with Gasteiger partial charge in [0.05, 0.1) is 5.69 Å². The molecule has 0 aliphatic heterocycles. The number of ketones is 1. The first-order chi connectivity index (χ1) is 14.3. The first-order valence-corrected chi connectivity index (χ1v) is 9.28. The lowest BCUT2D eigenvalue weighted by molar-refractivity contribution is -0.154. The van der Waals surface area contributed by atoms with E-state index in [1.165, 1.54) is 13.8 Å². The molecule has 154 valence electrons. The van der Waals surface area contributed by atoms with E-state index in [-0.39, 0.29) is 12.3 Å². The number of rotatable bonds is 7. The van der Waals surface area contributed by atoms with Gasteiger partial charge in [-0.15, -0.1) is 10.2 Å². The second kappa shape index (κ2) is 9.08. The quantitative estimate of drug-likeness (QED) is 0.472. The number of benzene rings is 2. The van der Waals surface area contributed by atoms with Gasteiger partial charge in [0, 0.05) is 11.1 Å². The Morgan fingerprint density at radius 1 is 1.10 bits per heavy atom. The molecule has 9 heteroatoms. The number of ether oxygens (including phenoxy) is 1. The number of nitrogens with one attached hydrogen (secondary N) is 1. The van der Waals surface area contributed by atoms with Gasteiger partial charge in [0.1, 0.15) is 0 Å². The molecule has 0 aliphatic carbocycles. The van der Waals surface area contributed by atoms with Crippen molar-refractivity contribution in [3.05, 3.63) is 59.7 Å². The molecule has 0 saturated heterocycles. The smallest absolute Gasteiger partial charge is 0.330 e. The minimum Gasteiger partial charge on any atom is -0.451 e. The van der Waals surface area contributed by atoms with Crippen LogP contribution in [0, 0.1) is 6.92 Å². The maximum Gasteiger partial charge on any atom is 0.330 e. The number of aromatic nitrogens is 4. The Morgan fingerprint density at radius 2 is 1.80 bits per heavy atom. The molecule has 0 spiro atoms. The van der Waals surface area contributed by atoms with Crippen LogP contribution in [0.3, 0.4) is 0 Å². The highest BCUT2D eigenvalue weighted by molar-refractivity contribution is 6.04. The molecule has 0 saturated carbocycles. The summed E-state index contributed by atoms with van der Waals surface area (Å²) in [6.45, 7) is 4.53. The van der Waals surface area contributed by atoms with E-state index in [0.717, 1.165) is 15.9 Å². The number of aryl methyl sites for hydroxylation is 1. The third kappa shape index (κ3) is 5.13. The van der Waals surface area contributed by atoms with Crippen LogP contribution in [0.1, 0.15) is 29.8 Å². The van der Waals surface area contributed by atoms with Gasteiger partial charge in [-0.1, -0.05) is 42.0 Å². The third-order valence-corrected chi connectivity index (χ3v) is 4.27. The van der Waals surface area contributed by atoms with E-state index in [4.69, 9.17) is 4.74 Å². The van der Waals surface area contributed by atoms with Crippen molar-refractivity contribution in [2.45, 2.75) is 33.4 Å². The SMILES string of the molecule is CC(=O)c1ccccc1NC(=O)[C@H](C)OC(=O)Cn1nnc(-c2ccc(C)cc2)n1. The topological polar surface area (TPSA) is 116 Å². The van der Waals surface area contributed by atoms with Gasteiger partial charge < -0.3 is 10.1 Å². The van der Waals surface area contributed by atoms with Crippen LogP contribution in [0.2, 0.25) is 0 Å². The Hall–Kier alpha value is -3.88. The zero-order valence-corrected chi connectivity index (χ0v) is 16.8. The number of para-hydroxylation sites is 1. The van der Waals surface area contributed by atoms with E-state index in [1.807, 2.05) is 31.2 Å². The summed E-state index contributed by atoms with van der Waals surface area (Å²) in [6.07, 6.45) is -1.07. The molecule has 0 aliphatic rings. The van der Waals surface area contributed by atoms with E-state index in [1.54, 1.807) is 24.3 Å². The summed E-state index contributed by atoms with van der Waals surface area (Å²) < 4.78 is 5.15. The Bertz CT molecular complexity index is 1080. The van der Waals surface area contributed by atoms with Gasteiger partial charge in [0.25, 0.3) is 5.91 Å². The van der Waals surface area contributed by atoms with E-state index in [9.17, 15) is 14.4 Å². The van der Waals surface area contributed by atoms with Crippen molar-refractivity contribution in [2.75, 3.05) is 5.32 Å². The van der Waals surface area contributed by atoms with E-state index in [0.29, 0.717) is 17.1 Å². The van der Waals surface area contributed by atoms with Gasteiger partial charge in [0.2, 0.25) is 5.82 Å². The molecule has 1 atom stereocenters. The molecule has 0 fully saturated rings. The van der Waals surface area contributed by atoms with Crippen LogP contribution in [-0.2, 0) is 20.9 Å². The molecule has 2 aromatic carbocycles. The average Bonchev–Trinajstić information content (AvgIpc) is 3.16. The fraction of sp³-hybridized carbons (Fsp3) is 0.238.